The summed E-state index contributed by atoms with van der Waals surface area (Å²) in [6.45, 7) is 3.47. The predicted molar refractivity (Wildman–Crippen MR) is 65.4 cm³/mol. The van der Waals surface area contributed by atoms with E-state index in [0.29, 0.717) is 5.56 Å². The maximum absolute atomic E-state index is 13.5. The van der Waals surface area contributed by atoms with Crippen molar-refractivity contribution in [2.24, 2.45) is 5.92 Å². The van der Waals surface area contributed by atoms with E-state index < -0.39 is 5.82 Å². The van der Waals surface area contributed by atoms with Crippen molar-refractivity contribution in [3.63, 3.8) is 0 Å². The minimum atomic E-state index is -0.532. The van der Waals surface area contributed by atoms with Gasteiger partial charge in [0.2, 0.25) is 11.7 Å². The first kappa shape index (κ1) is 13.2. The van der Waals surface area contributed by atoms with Crippen molar-refractivity contribution < 1.29 is 18.3 Å². The van der Waals surface area contributed by atoms with Crippen LogP contribution in [0.5, 0.6) is 5.75 Å². The quantitative estimate of drug-likeness (QED) is 0.794. The van der Waals surface area contributed by atoms with Crippen LogP contribution < -0.4 is 4.74 Å². The molecule has 0 fully saturated rings. The maximum atomic E-state index is 13.5. The molecule has 1 aromatic heterocycles. The van der Waals surface area contributed by atoms with Gasteiger partial charge in [-0.1, -0.05) is 13.8 Å². The Bertz CT molecular complexity index is 608. The van der Waals surface area contributed by atoms with Gasteiger partial charge in [-0.25, -0.2) is 4.39 Å². The molecule has 6 heteroatoms. The van der Waals surface area contributed by atoms with E-state index in [1.807, 2.05) is 0 Å². The Morgan fingerprint density at radius 3 is 2.68 bits per heavy atom. The molecule has 0 amide bonds. The number of methoxy groups -OCH3 is 1. The molecule has 2 rings (SSSR count). The third-order valence-electron chi connectivity index (χ3n) is 2.56. The molecule has 0 atom stereocenters. The highest BCUT2D eigenvalue weighted by Gasteiger charge is 2.19. The van der Waals surface area contributed by atoms with Gasteiger partial charge in [0.25, 0.3) is 5.89 Å². The fourth-order valence-electron chi connectivity index (χ4n) is 1.49. The van der Waals surface area contributed by atoms with Gasteiger partial charge in [-0.05, 0) is 18.2 Å². The SMILES string of the molecule is COc1ccc(-c2nnc(C(=O)C(C)C)o2)cc1F. The van der Waals surface area contributed by atoms with Crippen LogP contribution in [0.15, 0.2) is 22.6 Å². The normalized spacial score (nSPS) is 10.8. The molecule has 100 valence electrons. The predicted octanol–water partition coefficient (Wildman–Crippen LogP) is 2.72. The van der Waals surface area contributed by atoms with E-state index >= 15 is 0 Å². The molecule has 5 nitrogen and oxygen atoms in total. The van der Waals surface area contributed by atoms with Gasteiger partial charge in [0.05, 0.1) is 7.11 Å². The molecule has 0 aliphatic rings. The van der Waals surface area contributed by atoms with Gasteiger partial charge in [0.1, 0.15) is 0 Å². The highest BCUT2D eigenvalue weighted by molar-refractivity contribution is 5.93. The number of halogens is 1. The summed E-state index contributed by atoms with van der Waals surface area (Å²) in [5.41, 5.74) is 0.397. The third-order valence-corrected chi connectivity index (χ3v) is 2.56. The Kier molecular flexibility index (Phi) is 3.59. The molecule has 0 saturated heterocycles. The van der Waals surface area contributed by atoms with Gasteiger partial charge < -0.3 is 9.15 Å². The molecule has 0 unspecified atom stereocenters. The summed E-state index contributed by atoms with van der Waals surface area (Å²) in [7, 11) is 1.38. The summed E-state index contributed by atoms with van der Waals surface area (Å²) in [5.74, 6) is -0.850. The highest BCUT2D eigenvalue weighted by atomic mass is 19.1. The number of hydrogen-bond donors (Lipinski definition) is 0. The van der Waals surface area contributed by atoms with Crippen molar-refractivity contribution in [1.29, 1.82) is 0 Å². The van der Waals surface area contributed by atoms with Crippen LogP contribution in [0.3, 0.4) is 0 Å². The van der Waals surface area contributed by atoms with Gasteiger partial charge >= 0.3 is 0 Å². The lowest BCUT2D eigenvalue weighted by molar-refractivity contribution is 0.0905. The highest BCUT2D eigenvalue weighted by Crippen LogP contribution is 2.25. The second-order valence-electron chi connectivity index (χ2n) is 4.28. The van der Waals surface area contributed by atoms with Gasteiger partial charge in [0, 0.05) is 11.5 Å². The molecule has 1 aromatic carbocycles. The lowest BCUT2D eigenvalue weighted by atomic mass is 10.1. The van der Waals surface area contributed by atoms with Crippen molar-refractivity contribution in [3.8, 4) is 17.2 Å². The fourth-order valence-corrected chi connectivity index (χ4v) is 1.49. The number of carbonyl (C=O) groups is 1. The van der Waals surface area contributed by atoms with Crippen molar-refractivity contribution in [1.82, 2.24) is 10.2 Å². The van der Waals surface area contributed by atoms with E-state index in [9.17, 15) is 9.18 Å². The lowest BCUT2D eigenvalue weighted by Crippen LogP contribution is -2.07. The summed E-state index contributed by atoms with van der Waals surface area (Å²) in [6.07, 6.45) is 0. The number of aromatic nitrogens is 2. The number of benzene rings is 1. The zero-order chi connectivity index (χ0) is 14.0. The first-order valence-corrected chi connectivity index (χ1v) is 5.74. The van der Waals surface area contributed by atoms with E-state index in [1.54, 1.807) is 19.9 Å². The summed E-state index contributed by atoms with van der Waals surface area (Å²) < 4.78 is 23.6. The number of carbonyl (C=O) groups excluding carboxylic acids is 1. The Morgan fingerprint density at radius 2 is 2.11 bits per heavy atom. The van der Waals surface area contributed by atoms with Crippen molar-refractivity contribution >= 4 is 5.78 Å². The smallest absolute Gasteiger partial charge is 0.284 e. The van der Waals surface area contributed by atoms with E-state index in [2.05, 4.69) is 10.2 Å². The minimum absolute atomic E-state index is 0.0683. The summed E-state index contributed by atoms with van der Waals surface area (Å²) in [6, 6.07) is 4.26. The van der Waals surface area contributed by atoms with E-state index in [0.717, 1.165) is 0 Å². The number of Topliss-reactive ketones (excluding diaryl/α,β-unsaturated/α-hetero) is 1. The van der Waals surface area contributed by atoms with Crippen molar-refractivity contribution in [3.05, 3.63) is 29.9 Å². The average Bonchev–Trinajstić information content (AvgIpc) is 2.87. The van der Waals surface area contributed by atoms with Crippen molar-refractivity contribution in [2.45, 2.75) is 13.8 Å². The Labute approximate surface area is 109 Å². The number of ketones is 1. The number of ether oxygens (including phenoxy) is 1. The van der Waals surface area contributed by atoms with Crippen molar-refractivity contribution in [2.75, 3.05) is 7.11 Å². The van der Waals surface area contributed by atoms with Crippen LogP contribution >= 0.6 is 0 Å². The lowest BCUT2D eigenvalue weighted by Gasteiger charge is -2.02. The van der Waals surface area contributed by atoms with Gasteiger partial charge in [0.15, 0.2) is 11.6 Å². The molecule has 19 heavy (non-hydrogen) atoms. The van der Waals surface area contributed by atoms with Crippen LogP contribution in [0.2, 0.25) is 0 Å². The van der Waals surface area contributed by atoms with Crippen LogP contribution in [-0.4, -0.2) is 23.1 Å². The van der Waals surface area contributed by atoms with Gasteiger partial charge in [-0.2, -0.15) is 0 Å². The average molecular weight is 264 g/mol. The molecular formula is C13H13FN2O3. The number of hydrogen-bond acceptors (Lipinski definition) is 5. The van der Waals surface area contributed by atoms with Gasteiger partial charge in [-0.15, -0.1) is 10.2 Å². The molecule has 0 aliphatic carbocycles. The van der Waals surface area contributed by atoms with Gasteiger partial charge in [-0.3, -0.25) is 4.79 Å². The second-order valence-corrected chi connectivity index (χ2v) is 4.28. The first-order chi connectivity index (χ1) is 9.02. The summed E-state index contributed by atoms with van der Waals surface area (Å²) in [4.78, 5) is 11.7. The molecule has 0 bridgehead atoms. The maximum Gasteiger partial charge on any atom is 0.284 e. The minimum Gasteiger partial charge on any atom is -0.494 e. The Balaban J connectivity index is 2.33. The third kappa shape index (κ3) is 2.62. The molecule has 0 N–H and O–H groups in total. The van der Waals surface area contributed by atoms with E-state index in [4.69, 9.17) is 9.15 Å². The van der Waals surface area contributed by atoms with Crippen LogP contribution in [0.1, 0.15) is 24.5 Å². The van der Waals surface area contributed by atoms with Crippen LogP contribution in [0.25, 0.3) is 11.5 Å². The van der Waals surface area contributed by atoms with Crippen LogP contribution in [0, 0.1) is 11.7 Å². The molecular weight excluding hydrogens is 251 g/mol. The molecule has 0 radical (unpaired) electrons. The topological polar surface area (TPSA) is 65.2 Å². The number of rotatable bonds is 4. The molecule has 0 spiro atoms. The molecule has 1 heterocycles. The first-order valence-electron chi connectivity index (χ1n) is 5.74. The zero-order valence-corrected chi connectivity index (χ0v) is 10.8. The monoisotopic (exact) mass is 264 g/mol. The molecule has 2 aromatic rings. The Hall–Kier alpha value is -2.24. The largest absolute Gasteiger partial charge is 0.494 e. The standard InChI is InChI=1S/C13H13FN2O3/c1-7(2)11(17)13-16-15-12(19-13)8-4-5-10(18-3)9(14)6-8/h4-7H,1-3H3. The number of nitrogens with zero attached hydrogens (tertiary/aromatic N) is 2. The van der Waals surface area contributed by atoms with Crippen LogP contribution in [-0.2, 0) is 0 Å². The Morgan fingerprint density at radius 1 is 1.37 bits per heavy atom. The fraction of sp³-hybridized carbons (Fsp3) is 0.308. The van der Waals surface area contributed by atoms with Crippen LogP contribution in [0.4, 0.5) is 4.39 Å². The van der Waals surface area contributed by atoms with E-state index in [1.165, 1.54) is 19.2 Å². The molecule has 0 saturated carbocycles. The zero-order valence-electron chi connectivity index (χ0n) is 10.8. The summed E-state index contributed by atoms with van der Waals surface area (Å²) >= 11 is 0. The summed E-state index contributed by atoms with van der Waals surface area (Å²) in [5, 5.41) is 7.41. The second kappa shape index (κ2) is 5.17. The molecule has 0 aliphatic heterocycles. The van der Waals surface area contributed by atoms with E-state index in [-0.39, 0.29) is 29.2 Å².